The van der Waals surface area contributed by atoms with Crippen molar-refractivity contribution in [2.75, 3.05) is 0 Å². The molecule has 0 fully saturated rings. The van der Waals surface area contributed by atoms with Gasteiger partial charge in [-0.15, -0.1) is 0 Å². The van der Waals surface area contributed by atoms with Crippen LogP contribution in [0.25, 0.3) is 0 Å². The van der Waals surface area contributed by atoms with Gasteiger partial charge >= 0.3 is 0 Å². The summed E-state index contributed by atoms with van der Waals surface area (Å²) in [5, 5.41) is 4.10. The molecule has 4 rings (SSSR count). The quantitative estimate of drug-likeness (QED) is 0.221. The number of pyridine rings is 2. The standard InChI is InChI=1S/C9H12FN.C9H13N.C8H12N2.C7H12N2/c1-9(2,3)8-7(10)5-4-6-11-8;1-9(2,3)8-6-4-5-7-10-8;1-8(2,3)7-9-5-4-6-10-7;1-7(2,3)9-6-4-5-8-9/h4-6H,1-3H3;4-7H,1-3H3;4-6H,1-3H3;4-6H,1-3H3. The van der Waals surface area contributed by atoms with Gasteiger partial charge in [0.25, 0.3) is 0 Å². The molecule has 4 aromatic rings. The van der Waals surface area contributed by atoms with Crippen LogP contribution in [0.4, 0.5) is 4.39 Å². The molecule has 0 unspecified atom stereocenters. The second kappa shape index (κ2) is 14.8. The Morgan fingerprint density at radius 2 is 1.12 bits per heavy atom. The molecule has 0 atom stereocenters. The van der Waals surface area contributed by atoms with Crippen LogP contribution in [0.2, 0.25) is 0 Å². The second-order valence-corrected chi connectivity index (χ2v) is 13.5. The minimum Gasteiger partial charge on any atom is -0.268 e. The summed E-state index contributed by atoms with van der Waals surface area (Å²) in [5.74, 6) is 0.676. The van der Waals surface area contributed by atoms with Crippen molar-refractivity contribution in [2.45, 2.75) is 105 Å². The maximum Gasteiger partial charge on any atom is 0.145 e. The van der Waals surface area contributed by atoms with Gasteiger partial charge in [0, 0.05) is 59.1 Å². The van der Waals surface area contributed by atoms with E-state index in [9.17, 15) is 4.39 Å². The molecule has 7 heteroatoms. The second-order valence-electron chi connectivity index (χ2n) is 13.5. The molecular formula is C33H49FN6. The van der Waals surface area contributed by atoms with E-state index in [1.54, 1.807) is 30.9 Å². The molecule has 0 aliphatic heterocycles. The Balaban J connectivity index is 0.000000267. The molecule has 0 aliphatic rings. The normalized spacial score (nSPS) is 11.6. The van der Waals surface area contributed by atoms with Crippen molar-refractivity contribution in [3.05, 3.63) is 103 Å². The summed E-state index contributed by atoms with van der Waals surface area (Å²) in [4.78, 5) is 16.5. The van der Waals surface area contributed by atoms with E-state index in [1.807, 2.05) is 62.1 Å². The van der Waals surface area contributed by atoms with Gasteiger partial charge < -0.3 is 0 Å². The molecule has 218 valence electrons. The van der Waals surface area contributed by atoms with E-state index < -0.39 is 0 Å². The molecular weight excluding hydrogens is 499 g/mol. The van der Waals surface area contributed by atoms with E-state index in [0.717, 1.165) is 11.5 Å². The van der Waals surface area contributed by atoms with Crippen molar-refractivity contribution < 1.29 is 4.39 Å². The smallest absolute Gasteiger partial charge is 0.145 e. The highest BCUT2D eigenvalue weighted by molar-refractivity contribution is 5.15. The average Bonchev–Trinajstić information content (AvgIpc) is 3.41. The monoisotopic (exact) mass is 548 g/mol. The highest BCUT2D eigenvalue weighted by atomic mass is 19.1. The first-order valence-corrected chi connectivity index (χ1v) is 13.6. The zero-order valence-corrected chi connectivity index (χ0v) is 26.6. The van der Waals surface area contributed by atoms with Crippen molar-refractivity contribution in [1.82, 2.24) is 29.7 Å². The molecule has 40 heavy (non-hydrogen) atoms. The zero-order valence-electron chi connectivity index (χ0n) is 26.6. The van der Waals surface area contributed by atoms with E-state index in [2.05, 4.69) is 93.4 Å². The molecule has 4 heterocycles. The third-order valence-electron chi connectivity index (χ3n) is 5.33. The Bertz CT molecular complexity index is 1160. The van der Waals surface area contributed by atoms with Crippen LogP contribution in [0.15, 0.2) is 79.6 Å². The van der Waals surface area contributed by atoms with Crippen LogP contribution >= 0.6 is 0 Å². The van der Waals surface area contributed by atoms with Crippen molar-refractivity contribution >= 4 is 0 Å². The molecule has 0 aromatic carbocycles. The predicted octanol–water partition coefficient (Wildman–Crippen LogP) is 8.31. The number of hydrogen-bond acceptors (Lipinski definition) is 5. The fourth-order valence-corrected chi connectivity index (χ4v) is 3.10. The van der Waals surface area contributed by atoms with E-state index in [-0.39, 0.29) is 27.6 Å². The number of halogens is 1. The molecule has 0 radical (unpaired) electrons. The number of rotatable bonds is 0. The van der Waals surface area contributed by atoms with Gasteiger partial charge in [0.2, 0.25) is 0 Å². The van der Waals surface area contributed by atoms with Gasteiger partial charge in [-0.1, -0.05) is 68.4 Å². The van der Waals surface area contributed by atoms with Crippen molar-refractivity contribution in [3.8, 4) is 0 Å². The average molecular weight is 549 g/mol. The molecule has 0 amide bonds. The predicted molar refractivity (Wildman–Crippen MR) is 164 cm³/mol. The molecule has 0 aliphatic carbocycles. The van der Waals surface area contributed by atoms with Gasteiger partial charge in [-0.25, -0.2) is 14.4 Å². The fraction of sp³-hybridized carbons (Fsp3) is 0.485. The first-order chi connectivity index (χ1) is 18.3. The fourth-order valence-electron chi connectivity index (χ4n) is 3.10. The lowest BCUT2D eigenvalue weighted by atomic mass is 9.91. The Morgan fingerprint density at radius 1 is 0.550 bits per heavy atom. The van der Waals surface area contributed by atoms with Crippen molar-refractivity contribution in [1.29, 1.82) is 0 Å². The topological polar surface area (TPSA) is 69.4 Å². The Kier molecular flexibility index (Phi) is 12.8. The Labute approximate surface area is 241 Å². The molecule has 6 nitrogen and oxygen atoms in total. The van der Waals surface area contributed by atoms with Crippen LogP contribution < -0.4 is 0 Å². The molecule has 0 bridgehead atoms. The maximum absolute atomic E-state index is 13.0. The minimum atomic E-state index is -0.222. The summed E-state index contributed by atoms with van der Waals surface area (Å²) in [6.07, 6.45) is 10.8. The Hall–Kier alpha value is -3.48. The van der Waals surface area contributed by atoms with E-state index in [0.29, 0.717) is 5.69 Å². The summed E-state index contributed by atoms with van der Waals surface area (Å²) in [7, 11) is 0. The summed E-state index contributed by atoms with van der Waals surface area (Å²) in [6.45, 7) is 25.0. The molecule has 4 aromatic heterocycles. The van der Waals surface area contributed by atoms with Gasteiger partial charge in [0.05, 0.1) is 11.2 Å². The molecule has 0 N–H and O–H groups in total. The lowest BCUT2D eigenvalue weighted by molar-refractivity contribution is 0.355. The van der Waals surface area contributed by atoms with Gasteiger partial charge in [0.15, 0.2) is 0 Å². The van der Waals surface area contributed by atoms with Crippen LogP contribution in [0.5, 0.6) is 0 Å². The van der Waals surface area contributed by atoms with E-state index >= 15 is 0 Å². The van der Waals surface area contributed by atoms with Gasteiger partial charge in [-0.2, -0.15) is 5.10 Å². The highest BCUT2D eigenvalue weighted by Crippen LogP contribution is 2.22. The number of hydrogen-bond donors (Lipinski definition) is 0. The lowest BCUT2D eigenvalue weighted by Gasteiger charge is -2.18. The first-order valence-electron chi connectivity index (χ1n) is 13.6. The maximum atomic E-state index is 13.0. The zero-order chi connectivity index (χ0) is 30.6. The first kappa shape index (κ1) is 34.5. The number of nitrogens with zero attached hydrogens (tertiary/aromatic N) is 6. The summed E-state index contributed by atoms with van der Waals surface area (Å²) >= 11 is 0. The van der Waals surface area contributed by atoms with Gasteiger partial charge in [0.1, 0.15) is 11.6 Å². The van der Waals surface area contributed by atoms with E-state index in [1.165, 1.54) is 6.07 Å². The highest BCUT2D eigenvalue weighted by Gasteiger charge is 2.19. The summed E-state index contributed by atoms with van der Waals surface area (Å²) < 4.78 is 15.0. The van der Waals surface area contributed by atoms with Crippen molar-refractivity contribution in [2.24, 2.45) is 0 Å². The summed E-state index contributed by atoms with van der Waals surface area (Å²) in [6, 6.07) is 12.8. The van der Waals surface area contributed by atoms with Crippen LogP contribution in [-0.2, 0) is 21.8 Å². The van der Waals surface area contributed by atoms with Gasteiger partial charge in [-0.05, 0) is 57.2 Å². The molecule has 0 spiro atoms. The van der Waals surface area contributed by atoms with Crippen LogP contribution in [0.1, 0.15) is 100 Å². The van der Waals surface area contributed by atoms with Crippen molar-refractivity contribution in [3.63, 3.8) is 0 Å². The van der Waals surface area contributed by atoms with E-state index in [4.69, 9.17) is 0 Å². The van der Waals surface area contributed by atoms with Crippen LogP contribution in [0, 0.1) is 5.82 Å². The molecule has 0 saturated carbocycles. The molecule has 0 saturated heterocycles. The number of aromatic nitrogens is 6. The minimum absolute atomic E-state index is 0.0707. The lowest BCUT2D eigenvalue weighted by Crippen LogP contribution is -2.21. The SMILES string of the molecule is CC(C)(C)c1ccccn1.CC(C)(C)c1ncccc1F.CC(C)(C)c1ncccn1.CC(C)(C)n1cccn1. The largest absolute Gasteiger partial charge is 0.268 e. The van der Waals surface area contributed by atoms with Crippen LogP contribution in [0.3, 0.4) is 0 Å². The van der Waals surface area contributed by atoms with Gasteiger partial charge in [-0.3, -0.25) is 14.6 Å². The Morgan fingerprint density at radius 3 is 1.43 bits per heavy atom. The third-order valence-corrected chi connectivity index (χ3v) is 5.33. The van der Waals surface area contributed by atoms with Crippen LogP contribution in [-0.4, -0.2) is 29.7 Å². The third kappa shape index (κ3) is 13.0. The summed E-state index contributed by atoms with van der Waals surface area (Å²) in [5.41, 5.74) is 1.85.